The molecule has 0 aliphatic heterocycles. The number of phenols is 1. The summed E-state index contributed by atoms with van der Waals surface area (Å²) in [4.78, 5) is 13.1. The summed E-state index contributed by atoms with van der Waals surface area (Å²) in [7, 11) is 0. The lowest BCUT2D eigenvalue weighted by Crippen LogP contribution is -2.33. The second-order valence-corrected chi connectivity index (χ2v) is 3.04. The lowest BCUT2D eigenvalue weighted by atomic mass is 10.3. The molecule has 0 radical (unpaired) electrons. The highest BCUT2D eigenvalue weighted by molar-refractivity contribution is 5.70. The highest BCUT2D eigenvalue weighted by Crippen LogP contribution is 2.18. The molecule has 0 atom stereocenters. The van der Waals surface area contributed by atoms with Gasteiger partial charge in [-0.25, -0.2) is 4.79 Å². The van der Waals surface area contributed by atoms with Gasteiger partial charge in [0.2, 0.25) is 0 Å². The van der Waals surface area contributed by atoms with Crippen LogP contribution in [0.25, 0.3) is 0 Å². The summed E-state index contributed by atoms with van der Waals surface area (Å²) < 4.78 is 5.07. The van der Waals surface area contributed by atoms with Crippen LogP contribution >= 0.6 is 0 Å². The van der Waals surface area contributed by atoms with Crippen molar-refractivity contribution in [1.29, 1.82) is 0 Å². The van der Waals surface area contributed by atoms with E-state index in [1.54, 1.807) is 17.0 Å². The van der Waals surface area contributed by atoms with Gasteiger partial charge in [-0.1, -0.05) is 6.07 Å². The quantitative estimate of drug-likeness (QED) is 0.830. The van der Waals surface area contributed by atoms with Gasteiger partial charge < -0.3 is 14.7 Å². The van der Waals surface area contributed by atoms with Gasteiger partial charge in [-0.3, -0.25) is 0 Å². The number of carbonyl (C=O) groups excluding carboxylic acids is 1. The minimum Gasteiger partial charge on any atom is -0.508 e. The molecule has 4 heteroatoms. The van der Waals surface area contributed by atoms with Crippen LogP contribution in [-0.2, 0) is 0 Å². The fourth-order valence-corrected chi connectivity index (χ4v) is 1.19. The van der Waals surface area contributed by atoms with Crippen LogP contribution in [0.15, 0.2) is 24.3 Å². The average molecular weight is 209 g/mol. The van der Waals surface area contributed by atoms with Gasteiger partial charge >= 0.3 is 6.09 Å². The third-order valence-electron chi connectivity index (χ3n) is 2.04. The normalized spacial score (nSPS) is 9.73. The maximum Gasteiger partial charge on any atom is 0.415 e. The van der Waals surface area contributed by atoms with Gasteiger partial charge in [0, 0.05) is 19.2 Å². The molecule has 0 aliphatic carbocycles. The largest absolute Gasteiger partial charge is 0.508 e. The Kier molecular flexibility index (Phi) is 3.97. The van der Waals surface area contributed by atoms with E-state index in [2.05, 4.69) is 0 Å². The monoisotopic (exact) mass is 209 g/mol. The molecular weight excluding hydrogens is 194 g/mol. The van der Waals surface area contributed by atoms with E-state index in [-0.39, 0.29) is 5.75 Å². The molecule has 1 amide bonds. The SMILES string of the molecule is CCN(CC)C(=O)Oc1cccc(O)c1. The smallest absolute Gasteiger partial charge is 0.415 e. The van der Waals surface area contributed by atoms with E-state index in [1.165, 1.54) is 12.1 Å². The minimum absolute atomic E-state index is 0.0832. The molecule has 1 aromatic rings. The number of benzene rings is 1. The topological polar surface area (TPSA) is 49.8 Å². The molecule has 0 heterocycles. The van der Waals surface area contributed by atoms with Crippen molar-refractivity contribution in [2.45, 2.75) is 13.8 Å². The van der Waals surface area contributed by atoms with Crippen molar-refractivity contribution < 1.29 is 14.6 Å². The Labute approximate surface area is 89.1 Å². The summed E-state index contributed by atoms with van der Waals surface area (Å²) in [6.07, 6.45) is -0.398. The Morgan fingerprint density at radius 2 is 2.07 bits per heavy atom. The van der Waals surface area contributed by atoms with Gasteiger partial charge in [0.25, 0.3) is 0 Å². The molecule has 15 heavy (non-hydrogen) atoms. The van der Waals surface area contributed by atoms with Crippen molar-refractivity contribution in [2.75, 3.05) is 13.1 Å². The number of carbonyl (C=O) groups is 1. The van der Waals surface area contributed by atoms with Gasteiger partial charge in [-0.15, -0.1) is 0 Å². The molecule has 4 nitrogen and oxygen atoms in total. The Morgan fingerprint density at radius 3 is 2.60 bits per heavy atom. The van der Waals surface area contributed by atoms with Crippen molar-refractivity contribution >= 4 is 6.09 Å². The van der Waals surface area contributed by atoms with E-state index in [0.717, 1.165) is 0 Å². The zero-order valence-corrected chi connectivity index (χ0v) is 8.93. The second-order valence-electron chi connectivity index (χ2n) is 3.04. The van der Waals surface area contributed by atoms with Crippen LogP contribution in [0.1, 0.15) is 13.8 Å². The number of amides is 1. The third-order valence-corrected chi connectivity index (χ3v) is 2.04. The first-order valence-electron chi connectivity index (χ1n) is 4.93. The molecule has 0 saturated carbocycles. The summed E-state index contributed by atoms with van der Waals surface area (Å²) in [5.41, 5.74) is 0. The van der Waals surface area contributed by atoms with Gasteiger partial charge in [-0.05, 0) is 26.0 Å². The lowest BCUT2D eigenvalue weighted by molar-refractivity contribution is 0.157. The second kappa shape index (κ2) is 5.24. The van der Waals surface area contributed by atoms with E-state index in [9.17, 15) is 9.90 Å². The van der Waals surface area contributed by atoms with Crippen molar-refractivity contribution in [3.8, 4) is 11.5 Å². The molecule has 1 aromatic carbocycles. The van der Waals surface area contributed by atoms with Gasteiger partial charge in [0.15, 0.2) is 0 Å². The van der Waals surface area contributed by atoms with E-state index < -0.39 is 6.09 Å². The van der Waals surface area contributed by atoms with E-state index in [0.29, 0.717) is 18.8 Å². The maximum atomic E-state index is 11.5. The van der Waals surface area contributed by atoms with Gasteiger partial charge in [0.05, 0.1) is 0 Å². The van der Waals surface area contributed by atoms with Gasteiger partial charge in [-0.2, -0.15) is 0 Å². The molecule has 1 rings (SSSR count). The number of hydrogen-bond donors (Lipinski definition) is 1. The number of aromatic hydroxyl groups is 1. The molecule has 0 aromatic heterocycles. The highest BCUT2D eigenvalue weighted by atomic mass is 16.6. The highest BCUT2D eigenvalue weighted by Gasteiger charge is 2.11. The Morgan fingerprint density at radius 1 is 1.40 bits per heavy atom. The fourth-order valence-electron chi connectivity index (χ4n) is 1.19. The molecule has 0 bridgehead atoms. The molecule has 1 N–H and O–H groups in total. The van der Waals surface area contributed by atoms with Crippen LogP contribution in [0.5, 0.6) is 11.5 Å². The zero-order valence-electron chi connectivity index (χ0n) is 8.93. The molecule has 0 aliphatic rings. The summed E-state index contributed by atoms with van der Waals surface area (Å²) in [5.74, 6) is 0.437. The predicted molar refractivity (Wildman–Crippen MR) is 57.1 cm³/mol. The maximum absolute atomic E-state index is 11.5. The summed E-state index contributed by atoms with van der Waals surface area (Å²) in [6.45, 7) is 4.97. The van der Waals surface area contributed by atoms with Crippen molar-refractivity contribution in [1.82, 2.24) is 4.90 Å². The minimum atomic E-state index is -0.398. The van der Waals surface area contributed by atoms with Crippen LogP contribution in [0, 0.1) is 0 Å². The van der Waals surface area contributed by atoms with E-state index >= 15 is 0 Å². The predicted octanol–water partition coefficient (Wildman–Crippen LogP) is 2.23. The van der Waals surface area contributed by atoms with Crippen LogP contribution < -0.4 is 4.74 Å². The zero-order chi connectivity index (χ0) is 11.3. The van der Waals surface area contributed by atoms with Crippen molar-refractivity contribution in [3.63, 3.8) is 0 Å². The molecule has 0 unspecified atom stereocenters. The van der Waals surface area contributed by atoms with E-state index in [1.807, 2.05) is 13.8 Å². The Hall–Kier alpha value is -1.71. The number of phenolic OH excluding ortho intramolecular Hbond substituents is 1. The van der Waals surface area contributed by atoms with Gasteiger partial charge in [0.1, 0.15) is 11.5 Å². The van der Waals surface area contributed by atoms with Crippen LogP contribution in [-0.4, -0.2) is 29.2 Å². The number of rotatable bonds is 3. The standard InChI is InChI=1S/C11H15NO3/c1-3-12(4-2)11(14)15-10-7-5-6-9(13)8-10/h5-8,13H,3-4H2,1-2H3. The van der Waals surface area contributed by atoms with Crippen molar-refractivity contribution in [2.24, 2.45) is 0 Å². The molecule has 0 fully saturated rings. The van der Waals surface area contributed by atoms with E-state index in [4.69, 9.17) is 4.74 Å². The summed E-state index contributed by atoms with van der Waals surface area (Å²) in [5, 5.41) is 9.17. The fraction of sp³-hybridized carbons (Fsp3) is 0.364. The first kappa shape index (κ1) is 11.4. The van der Waals surface area contributed by atoms with Crippen LogP contribution in [0.3, 0.4) is 0 Å². The number of ether oxygens (including phenoxy) is 1. The van der Waals surface area contributed by atoms with Crippen LogP contribution in [0.4, 0.5) is 4.79 Å². The van der Waals surface area contributed by atoms with Crippen molar-refractivity contribution in [3.05, 3.63) is 24.3 Å². The average Bonchev–Trinajstić information content (AvgIpc) is 2.19. The first-order chi connectivity index (χ1) is 7.17. The molecular formula is C11H15NO3. The molecule has 0 spiro atoms. The first-order valence-corrected chi connectivity index (χ1v) is 4.93. The Bertz CT molecular complexity index is 334. The summed E-state index contributed by atoms with van der Waals surface area (Å²) in [6, 6.07) is 6.18. The third kappa shape index (κ3) is 3.16. The molecule has 0 saturated heterocycles. The number of hydrogen-bond acceptors (Lipinski definition) is 3. The number of nitrogens with zero attached hydrogens (tertiary/aromatic N) is 1. The molecule has 82 valence electrons. The Balaban J connectivity index is 2.65. The lowest BCUT2D eigenvalue weighted by Gasteiger charge is -2.17. The van der Waals surface area contributed by atoms with Crippen LogP contribution in [0.2, 0.25) is 0 Å². The summed E-state index contributed by atoms with van der Waals surface area (Å²) >= 11 is 0.